The van der Waals surface area contributed by atoms with E-state index in [-0.39, 0.29) is 6.10 Å². The zero-order valence-electron chi connectivity index (χ0n) is 17.7. The second-order valence-electron chi connectivity index (χ2n) is 8.29. The molecule has 0 bridgehead atoms. The largest absolute Gasteiger partial charge is 0.376 e. The first-order chi connectivity index (χ1) is 15.2. The molecule has 3 aromatic heterocycles. The number of aromatic nitrogens is 6. The number of nitrogens with zero attached hydrogens (tertiary/aromatic N) is 5. The summed E-state index contributed by atoms with van der Waals surface area (Å²) in [6.07, 6.45) is 5.13. The molecule has 1 atom stereocenters. The first kappa shape index (κ1) is 20.3. The maximum absolute atomic E-state index is 5.91. The SMILES string of the molecule is CC(C)Cc1nc(CSc2nnc(-c3c[nH]c4ccccc34)n2CC2CCCO2)no1. The van der Waals surface area contributed by atoms with Gasteiger partial charge in [0.25, 0.3) is 0 Å². The van der Waals surface area contributed by atoms with Gasteiger partial charge in [0.1, 0.15) is 0 Å². The number of H-pyrrole nitrogens is 1. The van der Waals surface area contributed by atoms with Crippen molar-refractivity contribution < 1.29 is 9.26 Å². The molecule has 9 heteroatoms. The Hall–Kier alpha value is -2.65. The van der Waals surface area contributed by atoms with Crippen LogP contribution >= 0.6 is 11.8 Å². The number of hydrogen-bond donors (Lipinski definition) is 1. The lowest BCUT2D eigenvalue weighted by Gasteiger charge is -2.14. The number of nitrogens with one attached hydrogen (secondary N) is 1. The van der Waals surface area contributed by atoms with Crippen LogP contribution in [0.1, 0.15) is 38.4 Å². The number of thioether (sulfide) groups is 1. The number of ether oxygens (including phenoxy) is 1. The number of rotatable bonds is 8. The summed E-state index contributed by atoms with van der Waals surface area (Å²) >= 11 is 1.58. The van der Waals surface area contributed by atoms with E-state index in [2.05, 4.69) is 55.9 Å². The zero-order valence-corrected chi connectivity index (χ0v) is 18.6. The predicted molar refractivity (Wildman–Crippen MR) is 119 cm³/mol. The van der Waals surface area contributed by atoms with Gasteiger partial charge in [0, 0.05) is 35.7 Å². The summed E-state index contributed by atoms with van der Waals surface area (Å²) < 4.78 is 13.5. The summed E-state index contributed by atoms with van der Waals surface area (Å²) in [6, 6.07) is 8.25. The van der Waals surface area contributed by atoms with Gasteiger partial charge < -0.3 is 14.2 Å². The molecule has 1 saturated heterocycles. The van der Waals surface area contributed by atoms with E-state index in [0.717, 1.165) is 59.9 Å². The third kappa shape index (κ3) is 4.38. The van der Waals surface area contributed by atoms with Gasteiger partial charge in [-0.05, 0) is 24.8 Å². The maximum Gasteiger partial charge on any atom is 0.226 e. The molecular formula is C22H26N6O2S. The van der Waals surface area contributed by atoms with Crippen molar-refractivity contribution in [3.63, 3.8) is 0 Å². The number of benzene rings is 1. The summed E-state index contributed by atoms with van der Waals surface area (Å²) in [6.45, 7) is 5.82. The van der Waals surface area contributed by atoms with Gasteiger partial charge in [-0.3, -0.25) is 4.57 Å². The van der Waals surface area contributed by atoms with Gasteiger partial charge in [-0.15, -0.1) is 10.2 Å². The molecule has 4 aromatic rings. The van der Waals surface area contributed by atoms with Crippen molar-refractivity contribution in [2.75, 3.05) is 6.61 Å². The highest BCUT2D eigenvalue weighted by Gasteiger charge is 2.23. The number of hydrogen-bond acceptors (Lipinski definition) is 7. The van der Waals surface area contributed by atoms with Gasteiger partial charge in [0.05, 0.1) is 18.4 Å². The van der Waals surface area contributed by atoms with E-state index in [9.17, 15) is 0 Å². The fourth-order valence-corrected chi connectivity index (χ4v) is 4.71. The molecule has 1 unspecified atom stereocenters. The van der Waals surface area contributed by atoms with Crippen molar-refractivity contribution in [3.05, 3.63) is 42.2 Å². The highest BCUT2D eigenvalue weighted by atomic mass is 32.2. The molecule has 31 heavy (non-hydrogen) atoms. The van der Waals surface area contributed by atoms with Gasteiger partial charge in [0.15, 0.2) is 16.8 Å². The number of aromatic amines is 1. The minimum atomic E-state index is 0.183. The van der Waals surface area contributed by atoms with Crippen molar-refractivity contribution in [2.24, 2.45) is 5.92 Å². The van der Waals surface area contributed by atoms with Crippen LogP contribution < -0.4 is 0 Å². The average Bonchev–Trinajstić information content (AvgIpc) is 3.54. The second-order valence-corrected chi connectivity index (χ2v) is 9.23. The summed E-state index contributed by atoms with van der Waals surface area (Å²) in [7, 11) is 0. The third-order valence-electron chi connectivity index (χ3n) is 5.38. The van der Waals surface area contributed by atoms with Crippen LogP contribution in [0.25, 0.3) is 22.3 Å². The molecule has 5 rings (SSSR count). The van der Waals surface area contributed by atoms with Crippen LogP contribution in [0.3, 0.4) is 0 Å². The van der Waals surface area contributed by atoms with Gasteiger partial charge in [-0.25, -0.2) is 0 Å². The van der Waals surface area contributed by atoms with E-state index in [1.807, 2.05) is 18.3 Å². The van der Waals surface area contributed by atoms with E-state index in [0.29, 0.717) is 23.4 Å². The van der Waals surface area contributed by atoms with Crippen LogP contribution in [0.5, 0.6) is 0 Å². The first-order valence-electron chi connectivity index (χ1n) is 10.7. The Morgan fingerprint density at radius 2 is 2.16 bits per heavy atom. The molecule has 1 fully saturated rings. The monoisotopic (exact) mass is 438 g/mol. The zero-order chi connectivity index (χ0) is 21.2. The Balaban J connectivity index is 1.42. The van der Waals surface area contributed by atoms with Crippen molar-refractivity contribution in [3.8, 4) is 11.4 Å². The van der Waals surface area contributed by atoms with Crippen molar-refractivity contribution >= 4 is 22.7 Å². The second kappa shape index (κ2) is 8.84. The highest BCUT2D eigenvalue weighted by molar-refractivity contribution is 7.98. The summed E-state index contributed by atoms with van der Waals surface area (Å²) in [5.74, 6) is 3.28. The lowest BCUT2D eigenvalue weighted by Crippen LogP contribution is -2.16. The Bertz CT molecular complexity index is 1160. The smallest absolute Gasteiger partial charge is 0.226 e. The van der Waals surface area contributed by atoms with Gasteiger partial charge in [-0.2, -0.15) is 4.98 Å². The molecule has 4 heterocycles. The van der Waals surface area contributed by atoms with Crippen LogP contribution in [0.4, 0.5) is 0 Å². The summed E-state index contributed by atoms with van der Waals surface area (Å²) in [5, 5.41) is 15.2. The lowest BCUT2D eigenvalue weighted by atomic mass is 10.1. The molecule has 1 N–H and O–H groups in total. The van der Waals surface area contributed by atoms with Crippen LogP contribution in [-0.2, 0) is 23.5 Å². The topological polar surface area (TPSA) is 94.7 Å². The Kier molecular flexibility index (Phi) is 5.78. The van der Waals surface area contributed by atoms with Crippen LogP contribution in [-0.4, -0.2) is 42.6 Å². The minimum absolute atomic E-state index is 0.183. The molecule has 1 aliphatic heterocycles. The quantitative estimate of drug-likeness (QED) is 0.405. The Morgan fingerprint density at radius 3 is 3.00 bits per heavy atom. The molecule has 0 saturated carbocycles. The van der Waals surface area contributed by atoms with Gasteiger partial charge in [-0.1, -0.05) is 49.0 Å². The number of para-hydroxylation sites is 1. The van der Waals surface area contributed by atoms with E-state index < -0.39 is 0 Å². The van der Waals surface area contributed by atoms with Gasteiger partial charge >= 0.3 is 0 Å². The van der Waals surface area contributed by atoms with E-state index >= 15 is 0 Å². The molecule has 0 amide bonds. The Labute approximate surface area is 184 Å². The number of fused-ring (bicyclic) bond motifs is 1. The van der Waals surface area contributed by atoms with E-state index in [1.165, 1.54) is 0 Å². The molecule has 1 aliphatic rings. The summed E-state index contributed by atoms with van der Waals surface area (Å²) in [4.78, 5) is 7.85. The minimum Gasteiger partial charge on any atom is -0.376 e. The van der Waals surface area contributed by atoms with Gasteiger partial charge in [0.2, 0.25) is 5.89 Å². The molecule has 0 spiro atoms. The van der Waals surface area contributed by atoms with Crippen molar-refractivity contribution in [2.45, 2.75) is 56.7 Å². The summed E-state index contributed by atoms with van der Waals surface area (Å²) in [5.41, 5.74) is 2.13. The molecule has 0 aliphatic carbocycles. The van der Waals surface area contributed by atoms with E-state index in [1.54, 1.807) is 11.8 Å². The standard InChI is InChI=1S/C22H26N6O2S/c1-14(2)10-20-24-19(27-30-20)13-31-22-26-25-21(28(22)12-15-6-5-9-29-15)17-11-23-18-8-4-3-7-16(17)18/h3-4,7-8,11,14-15,23H,5-6,9-10,12-13H2,1-2H3. The predicted octanol–water partition coefficient (Wildman–Crippen LogP) is 4.48. The van der Waals surface area contributed by atoms with Crippen LogP contribution in [0.15, 0.2) is 40.1 Å². The average molecular weight is 439 g/mol. The Morgan fingerprint density at radius 1 is 1.26 bits per heavy atom. The third-order valence-corrected chi connectivity index (χ3v) is 6.34. The molecule has 0 radical (unpaired) electrons. The maximum atomic E-state index is 5.91. The van der Waals surface area contributed by atoms with Crippen molar-refractivity contribution in [1.29, 1.82) is 0 Å². The fraction of sp³-hybridized carbons (Fsp3) is 0.455. The molecule has 162 valence electrons. The molecule has 1 aromatic carbocycles. The fourth-order valence-electron chi connectivity index (χ4n) is 3.92. The van der Waals surface area contributed by atoms with E-state index in [4.69, 9.17) is 9.26 Å². The first-order valence-corrected chi connectivity index (χ1v) is 11.7. The van der Waals surface area contributed by atoms with Crippen LogP contribution in [0, 0.1) is 5.92 Å². The molecular weight excluding hydrogens is 412 g/mol. The molecule has 8 nitrogen and oxygen atoms in total. The normalized spacial score (nSPS) is 16.7. The van der Waals surface area contributed by atoms with Crippen molar-refractivity contribution in [1.82, 2.24) is 29.9 Å². The van der Waals surface area contributed by atoms with Crippen LogP contribution in [0.2, 0.25) is 0 Å². The highest BCUT2D eigenvalue weighted by Crippen LogP contribution is 2.32. The lowest BCUT2D eigenvalue weighted by molar-refractivity contribution is 0.0953.